The number of hydrogen-bond donors (Lipinski definition) is 2. The highest BCUT2D eigenvalue weighted by Gasteiger charge is 2.31. The van der Waals surface area contributed by atoms with Crippen molar-refractivity contribution in [2.75, 3.05) is 6.61 Å². The van der Waals surface area contributed by atoms with Gasteiger partial charge in [-0.1, -0.05) is 27.7 Å². The number of imidazole rings is 1. The zero-order valence-electron chi connectivity index (χ0n) is 15.4. The first kappa shape index (κ1) is 19.9. The van der Waals surface area contributed by atoms with Gasteiger partial charge in [0, 0.05) is 5.92 Å². The van der Waals surface area contributed by atoms with Crippen LogP contribution in [0.15, 0.2) is 6.33 Å². The van der Waals surface area contributed by atoms with Crippen LogP contribution < -0.4 is 5.32 Å². The Hall–Kier alpha value is -2.42. The fraction of sp³-hybridized carbons (Fsp3) is 0.647. The first-order valence-corrected chi connectivity index (χ1v) is 8.63. The molecule has 26 heavy (non-hydrogen) atoms. The molecular weight excluding hydrogens is 342 g/mol. The molecule has 144 valence electrons. The molecular formula is C17H25N3O6. The molecule has 2 rings (SSSR count). The van der Waals surface area contributed by atoms with E-state index in [2.05, 4.69) is 10.3 Å². The minimum absolute atomic E-state index is 0.138. The van der Waals surface area contributed by atoms with E-state index in [0.717, 1.165) is 0 Å². The van der Waals surface area contributed by atoms with Crippen molar-refractivity contribution in [3.8, 4) is 5.88 Å². The highest BCUT2D eigenvalue weighted by atomic mass is 16.6. The maximum Gasteiger partial charge on any atom is 0.308 e. The number of nitrogens with zero attached hydrogens (tertiary/aromatic N) is 2. The van der Waals surface area contributed by atoms with E-state index in [0.29, 0.717) is 12.8 Å². The number of imide groups is 1. The average molecular weight is 367 g/mol. The van der Waals surface area contributed by atoms with Crippen LogP contribution in [-0.4, -0.2) is 45.2 Å². The normalized spacial score (nSPS) is 19.8. The van der Waals surface area contributed by atoms with Crippen molar-refractivity contribution in [1.82, 2.24) is 14.9 Å². The third kappa shape index (κ3) is 4.60. The van der Waals surface area contributed by atoms with Crippen molar-refractivity contribution in [1.29, 1.82) is 0 Å². The first-order valence-electron chi connectivity index (χ1n) is 8.63. The second kappa shape index (κ2) is 8.31. The number of ether oxygens (including phenoxy) is 2. The summed E-state index contributed by atoms with van der Waals surface area (Å²) in [6.45, 7) is 6.94. The molecule has 2 heterocycles. The molecule has 9 nitrogen and oxygen atoms in total. The Morgan fingerprint density at radius 2 is 2.00 bits per heavy atom. The molecule has 0 spiro atoms. The predicted molar refractivity (Wildman–Crippen MR) is 90.1 cm³/mol. The van der Waals surface area contributed by atoms with Crippen LogP contribution in [0, 0.1) is 11.8 Å². The summed E-state index contributed by atoms with van der Waals surface area (Å²) in [5.41, 5.74) is -0.239. The van der Waals surface area contributed by atoms with Crippen LogP contribution in [0.2, 0.25) is 0 Å². The summed E-state index contributed by atoms with van der Waals surface area (Å²) < 4.78 is 12.2. The van der Waals surface area contributed by atoms with Gasteiger partial charge in [-0.3, -0.25) is 24.3 Å². The van der Waals surface area contributed by atoms with Crippen molar-refractivity contribution >= 4 is 17.8 Å². The Morgan fingerprint density at radius 3 is 2.62 bits per heavy atom. The monoisotopic (exact) mass is 367 g/mol. The van der Waals surface area contributed by atoms with Crippen LogP contribution in [0.4, 0.5) is 0 Å². The molecule has 0 bridgehead atoms. The second-order valence-corrected chi connectivity index (χ2v) is 6.87. The summed E-state index contributed by atoms with van der Waals surface area (Å²) in [7, 11) is 0. The van der Waals surface area contributed by atoms with Gasteiger partial charge >= 0.3 is 5.97 Å². The SMILES string of the molecule is CC(C)C(=O)NC(=O)c1ncn(C2CCC(COC(=O)C(C)C)O2)c1O. The van der Waals surface area contributed by atoms with E-state index < -0.39 is 18.0 Å². The summed E-state index contributed by atoms with van der Waals surface area (Å²) in [5, 5.41) is 12.4. The molecule has 9 heteroatoms. The van der Waals surface area contributed by atoms with Crippen LogP contribution in [0.3, 0.4) is 0 Å². The van der Waals surface area contributed by atoms with Gasteiger partial charge in [-0.15, -0.1) is 0 Å². The van der Waals surface area contributed by atoms with Crippen LogP contribution in [0.25, 0.3) is 0 Å². The molecule has 2 atom stereocenters. The van der Waals surface area contributed by atoms with E-state index in [1.54, 1.807) is 27.7 Å². The van der Waals surface area contributed by atoms with Crippen molar-refractivity contribution in [3.05, 3.63) is 12.0 Å². The highest BCUT2D eigenvalue weighted by Crippen LogP contribution is 2.32. The van der Waals surface area contributed by atoms with Crippen molar-refractivity contribution in [3.63, 3.8) is 0 Å². The van der Waals surface area contributed by atoms with Crippen LogP contribution in [0.5, 0.6) is 5.88 Å². The van der Waals surface area contributed by atoms with Gasteiger partial charge in [0.2, 0.25) is 11.8 Å². The lowest BCUT2D eigenvalue weighted by molar-refractivity contribution is -0.152. The Labute approximate surface area is 151 Å². The quantitative estimate of drug-likeness (QED) is 0.729. The van der Waals surface area contributed by atoms with Crippen LogP contribution in [-0.2, 0) is 19.1 Å². The molecule has 0 aromatic carbocycles. The number of esters is 1. The highest BCUT2D eigenvalue weighted by molar-refractivity contribution is 6.05. The third-order valence-electron chi connectivity index (χ3n) is 4.02. The molecule has 1 aromatic heterocycles. The third-order valence-corrected chi connectivity index (χ3v) is 4.02. The van der Waals surface area contributed by atoms with E-state index in [1.807, 2.05) is 0 Å². The molecule has 1 aliphatic heterocycles. The number of nitrogens with one attached hydrogen (secondary N) is 1. The lowest BCUT2D eigenvalue weighted by atomic mass is 10.2. The molecule has 0 saturated carbocycles. The summed E-state index contributed by atoms with van der Waals surface area (Å²) in [6.07, 6.45) is 1.69. The molecule has 2 unspecified atom stereocenters. The minimum atomic E-state index is -0.764. The van der Waals surface area contributed by atoms with Gasteiger partial charge in [0.15, 0.2) is 5.69 Å². The topological polar surface area (TPSA) is 120 Å². The first-order chi connectivity index (χ1) is 12.2. The summed E-state index contributed by atoms with van der Waals surface area (Å²) in [6, 6.07) is 0. The number of hydrogen-bond acceptors (Lipinski definition) is 7. The number of carbonyl (C=O) groups excluding carboxylic acids is 3. The van der Waals surface area contributed by atoms with Crippen LogP contribution in [0.1, 0.15) is 57.3 Å². The number of amides is 2. The van der Waals surface area contributed by atoms with E-state index in [-0.39, 0.29) is 42.1 Å². The molecule has 1 aliphatic rings. The lowest BCUT2D eigenvalue weighted by Crippen LogP contribution is -2.33. The Balaban J connectivity index is 1.96. The fourth-order valence-corrected chi connectivity index (χ4v) is 2.40. The van der Waals surface area contributed by atoms with Gasteiger partial charge in [-0.05, 0) is 12.8 Å². The van der Waals surface area contributed by atoms with Crippen molar-refractivity contribution in [2.45, 2.75) is 52.9 Å². The fourth-order valence-electron chi connectivity index (χ4n) is 2.40. The average Bonchev–Trinajstić information content (AvgIpc) is 3.18. The van der Waals surface area contributed by atoms with Gasteiger partial charge in [-0.2, -0.15) is 0 Å². The molecule has 0 radical (unpaired) electrons. The largest absolute Gasteiger partial charge is 0.493 e. The molecule has 1 aromatic rings. The van der Waals surface area contributed by atoms with Crippen LogP contribution >= 0.6 is 0 Å². The summed E-state index contributed by atoms with van der Waals surface area (Å²) >= 11 is 0. The number of aromatic hydroxyl groups is 1. The standard InChI is InChI=1S/C17H25N3O6/c1-9(2)14(21)19-15(22)13-16(23)20(8-18-13)12-6-5-11(26-12)7-25-17(24)10(3)4/h8-12,23H,5-7H2,1-4H3,(H,19,21,22). The minimum Gasteiger partial charge on any atom is -0.493 e. The van der Waals surface area contributed by atoms with Crippen molar-refractivity contribution < 1.29 is 29.0 Å². The van der Waals surface area contributed by atoms with E-state index in [4.69, 9.17) is 9.47 Å². The van der Waals surface area contributed by atoms with Gasteiger partial charge in [0.1, 0.15) is 19.2 Å². The zero-order valence-corrected chi connectivity index (χ0v) is 15.4. The lowest BCUT2D eigenvalue weighted by Gasteiger charge is -2.16. The van der Waals surface area contributed by atoms with Gasteiger partial charge in [-0.25, -0.2) is 4.98 Å². The molecule has 2 N–H and O–H groups in total. The molecule has 0 aliphatic carbocycles. The molecule has 1 saturated heterocycles. The van der Waals surface area contributed by atoms with Gasteiger partial charge in [0.25, 0.3) is 5.91 Å². The van der Waals surface area contributed by atoms with E-state index in [9.17, 15) is 19.5 Å². The maximum absolute atomic E-state index is 12.0. The van der Waals surface area contributed by atoms with Gasteiger partial charge < -0.3 is 14.6 Å². The van der Waals surface area contributed by atoms with Crippen molar-refractivity contribution in [2.24, 2.45) is 11.8 Å². The Bertz CT molecular complexity index is 682. The van der Waals surface area contributed by atoms with E-state index in [1.165, 1.54) is 10.9 Å². The summed E-state index contributed by atoms with van der Waals surface area (Å²) in [5.74, 6) is -2.45. The maximum atomic E-state index is 12.0. The second-order valence-electron chi connectivity index (χ2n) is 6.87. The van der Waals surface area contributed by atoms with Gasteiger partial charge in [0.05, 0.1) is 12.0 Å². The summed E-state index contributed by atoms with van der Waals surface area (Å²) in [4.78, 5) is 39.0. The Kier molecular flexibility index (Phi) is 6.36. The zero-order chi connectivity index (χ0) is 19.4. The number of aromatic nitrogens is 2. The smallest absolute Gasteiger partial charge is 0.308 e. The molecule has 1 fully saturated rings. The molecule has 2 amide bonds. The Morgan fingerprint density at radius 1 is 1.31 bits per heavy atom. The number of rotatable bonds is 6. The predicted octanol–water partition coefficient (Wildman–Crippen LogP) is 1.38. The van der Waals surface area contributed by atoms with E-state index >= 15 is 0 Å². The number of carbonyl (C=O) groups is 3.